The van der Waals surface area contributed by atoms with Gasteiger partial charge in [0, 0.05) is 38.3 Å². The zero-order valence-electron chi connectivity index (χ0n) is 22.3. The first kappa shape index (κ1) is 26.4. The zero-order valence-corrected chi connectivity index (χ0v) is 22.3. The molecule has 0 radical (unpaired) electrons. The molecule has 0 saturated carbocycles. The lowest BCUT2D eigenvalue weighted by Crippen LogP contribution is -2.50. The van der Waals surface area contributed by atoms with E-state index < -0.39 is 12.1 Å². The second-order valence-electron chi connectivity index (χ2n) is 10.9. The summed E-state index contributed by atoms with van der Waals surface area (Å²) in [4.78, 5) is 42.6. The number of carbonyl (C=O) groups is 3. The van der Waals surface area contributed by atoms with Crippen molar-refractivity contribution >= 4 is 23.5 Å². The molecule has 0 unspecified atom stereocenters. The number of benzene rings is 2. The van der Waals surface area contributed by atoms with Crippen molar-refractivity contribution in [3.05, 3.63) is 77.4 Å². The Morgan fingerprint density at radius 2 is 1.90 bits per heavy atom. The number of aromatic nitrogens is 2. The maximum absolute atomic E-state index is 13.5. The van der Waals surface area contributed by atoms with E-state index in [1.165, 1.54) is 23.2 Å². The number of amides is 3. The highest BCUT2D eigenvalue weighted by molar-refractivity contribution is 6.02. The molecule has 10 heteroatoms. The van der Waals surface area contributed by atoms with Gasteiger partial charge in [0.25, 0.3) is 11.8 Å². The summed E-state index contributed by atoms with van der Waals surface area (Å²) in [6.45, 7) is 5.73. The summed E-state index contributed by atoms with van der Waals surface area (Å²) in [7, 11) is 1.59. The molecule has 3 heterocycles. The Bertz CT molecular complexity index is 1410. The van der Waals surface area contributed by atoms with Crippen molar-refractivity contribution in [2.45, 2.75) is 39.2 Å². The van der Waals surface area contributed by atoms with E-state index in [-0.39, 0.29) is 29.7 Å². The molecule has 1 N–H and O–H groups in total. The molecule has 2 aliphatic rings. The first-order chi connectivity index (χ1) is 18.6. The van der Waals surface area contributed by atoms with Crippen LogP contribution in [0.5, 0.6) is 5.75 Å². The highest BCUT2D eigenvalue weighted by Crippen LogP contribution is 2.34. The molecular weight excluding hydrogens is 501 g/mol. The van der Waals surface area contributed by atoms with Crippen LogP contribution in [0.25, 0.3) is 0 Å². The SMILES string of the molecule is CN1C(=O)[C@@H](NC(=O)n2cc(Cc3cccc(F)c3)cn2)COc2ccc(C(=O)N3CCC(C)(C)CC3)cc21. The summed E-state index contributed by atoms with van der Waals surface area (Å²) < 4.78 is 20.5. The quantitative estimate of drug-likeness (QED) is 0.550. The molecule has 39 heavy (non-hydrogen) atoms. The third kappa shape index (κ3) is 5.79. The van der Waals surface area contributed by atoms with Crippen LogP contribution in [0, 0.1) is 11.2 Å². The van der Waals surface area contributed by atoms with E-state index in [2.05, 4.69) is 24.3 Å². The van der Waals surface area contributed by atoms with Crippen molar-refractivity contribution in [3.8, 4) is 5.75 Å². The van der Waals surface area contributed by atoms with E-state index in [1.54, 1.807) is 43.6 Å². The molecule has 0 aliphatic carbocycles. The minimum absolute atomic E-state index is 0.0732. The van der Waals surface area contributed by atoms with Gasteiger partial charge in [0.1, 0.15) is 24.2 Å². The van der Waals surface area contributed by atoms with E-state index in [1.807, 2.05) is 4.90 Å². The average molecular weight is 534 g/mol. The maximum Gasteiger partial charge on any atom is 0.342 e. The standard InChI is InChI=1S/C29H32FN5O4/c1-29(2)9-11-34(12-10-29)26(36)21-7-8-25-24(15-21)33(3)27(37)23(18-39-25)32-28(38)35-17-20(16-31-35)13-19-5-4-6-22(30)14-19/h4-8,14-17,23H,9-13,18H2,1-3H3,(H,32,38)/t23-/m0/s1. The Balaban J connectivity index is 1.25. The summed E-state index contributed by atoms with van der Waals surface area (Å²) in [5.41, 5.74) is 2.66. The monoisotopic (exact) mass is 533 g/mol. The van der Waals surface area contributed by atoms with E-state index in [4.69, 9.17) is 4.74 Å². The number of carbonyl (C=O) groups excluding carboxylic acids is 3. The van der Waals surface area contributed by atoms with E-state index >= 15 is 0 Å². The fraction of sp³-hybridized carbons (Fsp3) is 0.379. The summed E-state index contributed by atoms with van der Waals surface area (Å²) in [5, 5.41) is 6.78. The fourth-order valence-corrected chi connectivity index (χ4v) is 4.89. The van der Waals surface area contributed by atoms with Gasteiger partial charge in [-0.2, -0.15) is 9.78 Å². The highest BCUT2D eigenvalue weighted by atomic mass is 19.1. The van der Waals surface area contributed by atoms with Crippen molar-refractivity contribution in [1.29, 1.82) is 0 Å². The molecule has 1 atom stereocenters. The zero-order chi connectivity index (χ0) is 27.7. The summed E-state index contributed by atoms with van der Waals surface area (Å²) >= 11 is 0. The third-order valence-corrected chi connectivity index (χ3v) is 7.44. The van der Waals surface area contributed by atoms with Crippen LogP contribution in [0.4, 0.5) is 14.9 Å². The van der Waals surface area contributed by atoms with Crippen LogP contribution in [0.2, 0.25) is 0 Å². The summed E-state index contributed by atoms with van der Waals surface area (Å²) in [5.74, 6) is -0.327. The number of ether oxygens (including phenoxy) is 1. The fourth-order valence-electron chi connectivity index (χ4n) is 4.89. The normalized spacial score (nSPS) is 18.7. The van der Waals surface area contributed by atoms with Crippen LogP contribution in [-0.4, -0.2) is 65.3 Å². The van der Waals surface area contributed by atoms with Gasteiger partial charge in [-0.15, -0.1) is 0 Å². The Morgan fingerprint density at radius 3 is 2.64 bits per heavy atom. The number of hydrogen-bond donors (Lipinski definition) is 1. The van der Waals surface area contributed by atoms with Crippen LogP contribution >= 0.6 is 0 Å². The van der Waals surface area contributed by atoms with Crippen molar-refractivity contribution in [2.24, 2.45) is 5.41 Å². The third-order valence-electron chi connectivity index (χ3n) is 7.44. The van der Waals surface area contributed by atoms with Crippen LogP contribution < -0.4 is 15.0 Å². The second kappa shape index (κ2) is 10.5. The van der Waals surface area contributed by atoms with Gasteiger partial charge in [-0.3, -0.25) is 9.59 Å². The van der Waals surface area contributed by atoms with Gasteiger partial charge >= 0.3 is 6.03 Å². The Hall–Kier alpha value is -4.21. The molecule has 2 aromatic carbocycles. The second-order valence-corrected chi connectivity index (χ2v) is 10.9. The lowest BCUT2D eigenvalue weighted by atomic mass is 9.82. The predicted molar refractivity (Wildman–Crippen MR) is 143 cm³/mol. The molecule has 0 bridgehead atoms. The molecule has 5 rings (SSSR count). The lowest BCUT2D eigenvalue weighted by Gasteiger charge is -2.37. The number of anilines is 1. The number of nitrogens with one attached hydrogen (secondary N) is 1. The molecule has 3 amide bonds. The number of piperidine rings is 1. The number of hydrogen-bond acceptors (Lipinski definition) is 5. The van der Waals surface area contributed by atoms with Crippen molar-refractivity contribution < 1.29 is 23.5 Å². The van der Waals surface area contributed by atoms with Crippen LogP contribution in [0.15, 0.2) is 54.9 Å². The van der Waals surface area contributed by atoms with E-state index in [0.717, 1.165) is 28.7 Å². The largest absolute Gasteiger partial charge is 0.489 e. The number of likely N-dealkylation sites (tertiary alicyclic amines) is 1. The minimum atomic E-state index is -0.964. The molecule has 0 spiro atoms. The first-order valence-corrected chi connectivity index (χ1v) is 13.0. The number of nitrogens with zero attached hydrogens (tertiary/aromatic N) is 4. The predicted octanol–water partition coefficient (Wildman–Crippen LogP) is 3.86. The van der Waals surface area contributed by atoms with Gasteiger partial charge in [-0.05, 0) is 59.7 Å². The molecule has 3 aromatic rings. The van der Waals surface area contributed by atoms with Gasteiger partial charge in [0.2, 0.25) is 0 Å². The molecule has 9 nitrogen and oxygen atoms in total. The van der Waals surface area contributed by atoms with Gasteiger partial charge in [-0.25, -0.2) is 9.18 Å². The van der Waals surface area contributed by atoms with Crippen molar-refractivity contribution in [2.75, 3.05) is 31.6 Å². The van der Waals surface area contributed by atoms with Gasteiger partial charge in [0.15, 0.2) is 0 Å². The smallest absolute Gasteiger partial charge is 0.342 e. The molecular formula is C29H32FN5O4. The van der Waals surface area contributed by atoms with Crippen molar-refractivity contribution in [1.82, 2.24) is 20.0 Å². The van der Waals surface area contributed by atoms with Crippen molar-refractivity contribution in [3.63, 3.8) is 0 Å². The highest BCUT2D eigenvalue weighted by Gasteiger charge is 2.33. The number of halogens is 1. The molecule has 1 saturated heterocycles. The maximum atomic E-state index is 13.5. The number of fused-ring (bicyclic) bond motifs is 1. The molecule has 1 aromatic heterocycles. The number of likely N-dealkylation sites (N-methyl/N-ethyl adjacent to an activating group) is 1. The van der Waals surface area contributed by atoms with Gasteiger partial charge < -0.3 is 19.9 Å². The average Bonchev–Trinajstić information content (AvgIpc) is 3.34. The number of rotatable bonds is 4. The van der Waals surface area contributed by atoms with Crippen LogP contribution in [0.1, 0.15) is 48.2 Å². The summed E-state index contributed by atoms with van der Waals surface area (Å²) in [6, 6.07) is 9.74. The van der Waals surface area contributed by atoms with E-state index in [9.17, 15) is 18.8 Å². The molecule has 2 aliphatic heterocycles. The minimum Gasteiger partial charge on any atom is -0.489 e. The Morgan fingerprint density at radius 1 is 1.13 bits per heavy atom. The van der Waals surface area contributed by atoms with Crippen LogP contribution in [-0.2, 0) is 11.2 Å². The Labute approximate surface area is 226 Å². The Kier molecular flexibility index (Phi) is 7.12. The van der Waals surface area contributed by atoms with Gasteiger partial charge in [-0.1, -0.05) is 26.0 Å². The van der Waals surface area contributed by atoms with E-state index in [0.29, 0.717) is 36.5 Å². The van der Waals surface area contributed by atoms with Gasteiger partial charge in [0.05, 0.1) is 11.9 Å². The topological polar surface area (TPSA) is 96.8 Å². The molecule has 204 valence electrons. The molecule has 1 fully saturated rings. The van der Waals surface area contributed by atoms with Crippen LogP contribution in [0.3, 0.4) is 0 Å². The lowest BCUT2D eigenvalue weighted by molar-refractivity contribution is -0.120. The first-order valence-electron chi connectivity index (χ1n) is 13.0. The summed E-state index contributed by atoms with van der Waals surface area (Å²) in [6.07, 6.45) is 5.36.